The molecule has 0 spiro atoms. The third kappa shape index (κ3) is 1.99. The molecule has 0 radical (unpaired) electrons. The molecule has 1 rings (SSSR count). The quantitative estimate of drug-likeness (QED) is 0.496. The lowest BCUT2D eigenvalue weighted by Crippen LogP contribution is -1.76. The predicted molar refractivity (Wildman–Crippen MR) is 58.9 cm³/mol. The van der Waals surface area contributed by atoms with E-state index in [9.17, 15) is 5.11 Å². The molecule has 0 aliphatic carbocycles. The standard InChI is InChI=1S/C6H2Br4O/c7-2-1-3(11)5(9)6(10)4(2)8/h1,11H. The second-order valence-corrected chi connectivity index (χ2v) is 5.05. The van der Waals surface area contributed by atoms with Crippen LogP contribution in [0.3, 0.4) is 0 Å². The van der Waals surface area contributed by atoms with Gasteiger partial charge >= 0.3 is 0 Å². The van der Waals surface area contributed by atoms with Crippen molar-refractivity contribution in [3.63, 3.8) is 0 Å². The van der Waals surface area contributed by atoms with Crippen molar-refractivity contribution in [2.75, 3.05) is 0 Å². The number of phenols is 1. The van der Waals surface area contributed by atoms with E-state index in [0.717, 1.165) is 13.4 Å². The van der Waals surface area contributed by atoms with Gasteiger partial charge in [-0.2, -0.15) is 0 Å². The first-order chi connectivity index (χ1) is 5.04. The van der Waals surface area contributed by atoms with Crippen LogP contribution in [0, 0.1) is 0 Å². The Hall–Kier alpha value is 0.940. The zero-order valence-electron chi connectivity index (χ0n) is 5.04. The molecule has 0 aromatic heterocycles. The van der Waals surface area contributed by atoms with E-state index in [0.29, 0.717) is 4.47 Å². The highest BCUT2D eigenvalue weighted by Crippen LogP contribution is 2.41. The maximum Gasteiger partial charge on any atom is 0.132 e. The Kier molecular flexibility index (Phi) is 3.43. The van der Waals surface area contributed by atoms with Gasteiger partial charge in [0.05, 0.1) is 8.95 Å². The third-order valence-electron chi connectivity index (χ3n) is 1.08. The molecule has 1 nitrogen and oxygen atoms in total. The minimum atomic E-state index is 0.201. The summed E-state index contributed by atoms with van der Waals surface area (Å²) in [4.78, 5) is 0. The first-order valence-electron chi connectivity index (χ1n) is 2.56. The van der Waals surface area contributed by atoms with Crippen LogP contribution in [-0.2, 0) is 0 Å². The average molecular weight is 410 g/mol. The SMILES string of the molecule is Oc1cc(Br)c(Br)c(Br)c1Br. The Morgan fingerprint density at radius 2 is 1.45 bits per heavy atom. The zero-order valence-corrected chi connectivity index (χ0v) is 11.4. The van der Waals surface area contributed by atoms with Gasteiger partial charge in [0.2, 0.25) is 0 Å². The smallest absolute Gasteiger partial charge is 0.132 e. The van der Waals surface area contributed by atoms with Crippen LogP contribution in [0.2, 0.25) is 0 Å². The normalized spacial score (nSPS) is 10.2. The monoisotopic (exact) mass is 406 g/mol. The molecular weight excluding hydrogens is 408 g/mol. The second kappa shape index (κ2) is 3.77. The second-order valence-electron chi connectivity index (χ2n) is 1.82. The van der Waals surface area contributed by atoms with Crippen molar-refractivity contribution >= 4 is 63.7 Å². The van der Waals surface area contributed by atoms with Gasteiger partial charge in [0.25, 0.3) is 0 Å². The number of hydrogen-bond donors (Lipinski definition) is 1. The number of hydrogen-bond acceptors (Lipinski definition) is 1. The van der Waals surface area contributed by atoms with Crippen molar-refractivity contribution < 1.29 is 5.11 Å². The molecule has 0 heterocycles. The minimum Gasteiger partial charge on any atom is -0.507 e. The van der Waals surface area contributed by atoms with Gasteiger partial charge in [-0.15, -0.1) is 0 Å². The highest BCUT2D eigenvalue weighted by molar-refractivity contribution is 9.15. The highest BCUT2D eigenvalue weighted by atomic mass is 79.9. The minimum absolute atomic E-state index is 0.201. The van der Waals surface area contributed by atoms with Crippen LogP contribution in [0.4, 0.5) is 0 Å². The van der Waals surface area contributed by atoms with E-state index in [1.807, 2.05) is 0 Å². The molecule has 60 valence electrons. The maximum absolute atomic E-state index is 9.28. The Morgan fingerprint density at radius 1 is 0.909 bits per heavy atom. The third-order valence-corrected chi connectivity index (χ3v) is 5.72. The van der Waals surface area contributed by atoms with Crippen molar-refractivity contribution in [3.8, 4) is 5.75 Å². The number of rotatable bonds is 0. The van der Waals surface area contributed by atoms with E-state index < -0.39 is 0 Å². The van der Waals surface area contributed by atoms with Gasteiger partial charge in [-0.1, -0.05) is 0 Å². The molecule has 1 aromatic rings. The lowest BCUT2D eigenvalue weighted by molar-refractivity contribution is 0.471. The van der Waals surface area contributed by atoms with Gasteiger partial charge in [-0.05, 0) is 69.8 Å². The largest absolute Gasteiger partial charge is 0.507 e. The average Bonchev–Trinajstić information content (AvgIpc) is 1.97. The van der Waals surface area contributed by atoms with Crippen LogP contribution in [0.5, 0.6) is 5.75 Å². The Morgan fingerprint density at radius 3 is 2.00 bits per heavy atom. The van der Waals surface area contributed by atoms with Crippen molar-refractivity contribution in [2.24, 2.45) is 0 Å². The van der Waals surface area contributed by atoms with Gasteiger partial charge in [0, 0.05) is 8.95 Å². The van der Waals surface area contributed by atoms with Crippen LogP contribution in [0.1, 0.15) is 0 Å². The van der Waals surface area contributed by atoms with Gasteiger partial charge in [-0.3, -0.25) is 0 Å². The highest BCUT2D eigenvalue weighted by Gasteiger charge is 2.09. The molecule has 0 fully saturated rings. The maximum atomic E-state index is 9.28. The molecule has 0 amide bonds. The van der Waals surface area contributed by atoms with Crippen LogP contribution >= 0.6 is 63.7 Å². The number of halogens is 4. The molecule has 0 aliphatic rings. The Balaban J connectivity index is 3.46. The Bertz CT molecular complexity index is 271. The summed E-state index contributed by atoms with van der Waals surface area (Å²) < 4.78 is 3.13. The van der Waals surface area contributed by atoms with Crippen molar-refractivity contribution in [2.45, 2.75) is 0 Å². The van der Waals surface area contributed by atoms with Gasteiger partial charge in [-0.25, -0.2) is 0 Å². The van der Waals surface area contributed by atoms with Gasteiger partial charge in [0.1, 0.15) is 5.75 Å². The summed E-state index contributed by atoms with van der Waals surface area (Å²) in [5.74, 6) is 0.201. The number of phenolic OH excluding ortho intramolecular Hbond substituents is 1. The van der Waals surface area contributed by atoms with E-state index in [2.05, 4.69) is 63.7 Å². The lowest BCUT2D eigenvalue weighted by Gasteiger charge is -2.03. The molecule has 0 saturated heterocycles. The molecule has 0 saturated carbocycles. The number of aromatic hydroxyl groups is 1. The molecule has 0 aliphatic heterocycles. The van der Waals surface area contributed by atoms with Crippen LogP contribution in [-0.4, -0.2) is 5.11 Å². The van der Waals surface area contributed by atoms with Gasteiger partial charge in [0.15, 0.2) is 0 Å². The van der Waals surface area contributed by atoms with Gasteiger partial charge < -0.3 is 5.11 Å². The summed E-state index contributed by atoms with van der Waals surface area (Å²) in [7, 11) is 0. The fraction of sp³-hybridized carbons (Fsp3) is 0. The first kappa shape index (κ1) is 10.0. The van der Waals surface area contributed by atoms with E-state index in [1.165, 1.54) is 0 Å². The lowest BCUT2D eigenvalue weighted by atomic mass is 10.3. The van der Waals surface area contributed by atoms with Crippen LogP contribution in [0.15, 0.2) is 24.0 Å². The topological polar surface area (TPSA) is 20.2 Å². The van der Waals surface area contributed by atoms with E-state index in [1.54, 1.807) is 6.07 Å². The summed E-state index contributed by atoms with van der Waals surface area (Å²) >= 11 is 13.1. The summed E-state index contributed by atoms with van der Waals surface area (Å²) in [5.41, 5.74) is 0. The van der Waals surface area contributed by atoms with Crippen molar-refractivity contribution in [3.05, 3.63) is 24.0 Å². The fourth-order valence-corrected chi connectivity index (χ4v) is 2.55. The van der Waals surface area contributed by atoms with E-state index in [-0.39, 0.29) is 5.75 Å². The predicted octanol–water partition coefficient (Wildman–Crippen LogP) is 4.44. The van der Waals surface area contributed by atoms with Crippen molar-refractivity contribution in [1.82, 2.24) is 0 Å². The fourth-order valence-electron chi connectivity index (χ4n) is 0.560. The number of benzene rings is 1. The molecule has 5 heteroatoms. The summed E-state index contributed by atoms with van der Waals surface area (Å²) in [6.07, 6.45) is 0. The molecule has 1 aromatic carbocycles. The molecular formula is C6H2Br4O. The van der Waals surface area contributed by atoms with Crippen LogP contribution < -0.4 is 0 Å². The first-order valence-corrected chi connectivity index (χ1v) is 5.73. The molecule has 0 unspecified atom stereocenters. The molecule has 0 bridgehead atoms. The summed E-state index contributed by atoms with van der Waals surface area (Å²) in [5, 5.41) is 9.28. The van der Waals surface area contributed by atoms with Crippen molar-refractivity contribution in [1.29, 1.82) is 0 Å². The molecule has 1 N–H and O–H groups in total. The molecule has 11 heavy (non-hydrogen) atoms. The summed E-state index contributed by atoms with van der Waals surface area (Å²) in [6, 6.07) is 1.61. The van der Waals surface area contributed by atoms with E-state index in [4.69, 9.17) is 0 Å². The summed E-state index contributed by atoms with van der Waals surface area (Å²) in [6.45, 7) is 0. The molecule has 0 atom stereocenters. The zero-order chi connectivity index (χ0) is 8.59. The Labute approximate surface area is 97.7 Å². The van der Waals surface area contributed by atoms with E-state index >= 15 is 0 Å². The van der Waals surface area contributed by atoms with Crippen LogP contribution in [0.25, 0.3) is 0 Å².